The summed E-state index contributed by atoms with van der Waals surface area (Å²) in [5.74, 6) is 0. The molecular weight excluding hydrogens is 154 g/mol. The van der Waals surface area contributed by atoms with Gasteiger partial charge in [-0.2, -0.15) is 5.10 Å². The van der Waals surface area contributed by atoms with Crippen LogP contribution < -0.4 is 5.43 Å². The molecule has 0 aliphatic carbocycles. The first-order valence-corrected chi connectivity index (χ1v) is 3.87. The quantitative estimate of drug-likeness (QED) is 0.668. The van der Waals surface area contributed by atoms with Gasteiger partial charge in [0.1, 0.15) is 11.3 Å². The molecule has 4 nitrogen and oxygen atoms in total. The second-order valence-electron chi connectivity index (χ2n) is 2.60. The van der Waals surface area contributed by atoms with E-state index in [4.69, 9.17) is 0 Å². The molecule has 0 aliphatic heterocycles. The monoisotopic (exact) mass is 163 g/mol. The number of H-pyrrole nitrogens is 1. The van der Waals surface area contributed by atoms with Gasteiger partial charge in [0, 0.05) is 18.5 Å². The van der Waals surface area contributed by atoms with Gasteiger partial charge in [0.15, 0.2) is 0 Å². The summed E-state index contributed by atoms with van der Waals surface area (Å²) < 4.78 is 1.67. The van der Waals surface area contributed by atoms with Crippen molar-refractivity contribution in [1.29, 1.82) is 0 Å². The van der Waals surface area contributed by atoms with Crippen molar-refractivity contribution in [3.63, 3.8) is 0 Å². The van der Waals surface area contributed by atoms with Crippen LogP contribution in [0.5, 0.6) is 0 Å². The molecule has 0 amide bonds. The fraction of sp³-hybridized carbons (Fsp3) is 0.250. The van der Waals surface area contributed by atoms with E-state index in [1.807, 2.05) is 6.92 Å². The van der Waals surface area contributed by atoms with Gasteiger partial charge in [0.25, 0.3) is 0 Å². The van der Waals surface area contributed by atoms with Crippen molar-refractivity contribution < 1.29 is 0 Å². The number of nitrogens with zero attached hydrogens (tertiary/aromatic N) is 2. The van der Waals surface area contributed by atoms with Crippen LogP contribution in [0, 0.1) is 0 Å². The minimum atomic E-state index is -0.0000463. The molecule has 2 heterocycles. The molecule has 2 aromatic heterocycles. The zero-order chi connectivity index (χ0) is 8.55. The average molecular weight is 163 g/mol. The molecule has 0 atom stereocenters. The molecule has 0 aromatic carbocycles. The Morgan fingerprint density at radius 3 is 3.25 bits per heavy atom. The van der Waals surface area contributed by atoms with E-state index < -0.39 is 0 Å². The summed E-state index contributed by atoms with van der Waals surface area (Å²) in [5, 5.41) is 4.13. The highest BCUT2D eigenvalue weighted by Gasteiger charge is 2.00. The summed E-state index contributed by atoms with van der Waals surface area (Å²) in [6.45, 7) is 1.92. The van der Waals surface area contributed by atoms with E-state index in [9.17, 15) is 4.79 Å². The number of aromatic amines is 1. The summed E-state index contributed by atoms with van der Waals surface area (Å²) >= 11 is 0. The van der Waals surface area contributed by atoms with Crippen LogP contribution in [0.3, 0.4) is 0 Å². The van der Waals surface area contributed by atoms with Gasteiger partial charge < -0.3 is 4.98 Å². The standard InChI is InChI=1S/C8H9N3O/c1-2-6-7(12)5-8-9-3-4-11(8)10-6/h3-5,9H,2H2,1H3. The normalized spacial score (nSPS) is 10.8. The van der Waals surface area contributed by atoms with E-state index in [1.165, 1.54) is 0 Å². The number of hydrogen-bond donors (Lipinski definition) is 1. The van der Waals surface area contributed by atoms with E-state index >= 15 is 0 Å². The number of aromatic nitrogens is 3. The topological polar surface area (TPSA) is 50.2 Å². The molecule has 0 fully saturated rings. The lowest BCUT2D eigenvalue weighted by molar-refractivity contribution is 0.850. The van der Waals surface area contributed by atoms with Crippen LogP contribution in [0.1, 0.15) is 12.6 Å². The van der Waals surface area contributed by atoms with Gasteiger partial charge in [-0.25, -0.2) is 4.52 Å². The Bertz CT molecular complexity index is 455. The molecule has 4 heteroatoms. The summed E-state index contributed by atoms with van der Waals surface area (Å²) in [6.07, 6.45) is 4.21. The van der Waals surface area contributed by atoms with Gasteiger partial charge in [-0.1, -0.05) is 6.92 Å². The first-order chi connectivity index (χ1) is 5.81. The highest BCUT2D eigenvalue weighted by atomic mass is 16.1. The first-order valence-electron chi connectivity index (χ1n) is 3.87. The van der Waals surface area contributed by atoms with Crippen LogP contribution in [0.2, 0.25) is 0 Å². The van der Waals surface area contributed by atoms with E-state index in [2.05, 4.69) is 10.1 Å². The van der Waals surface area contributed by atoms with E-state index in [0.717, 1.165) is 5.65 Å². The van der Waals surface area contributed by atoms with Crippen LogP contribution in [0.4, 0.5) is 0 Å². The molecule has 62 valence electrons. The van der Waals surface area contributed by atoms with E-state index in [1.54, 1.807) is 23.0 Å². The van der Waals surface area contributed by atoms with Crippen molar-refractivity contribution in [3.05, 3.63) is 34.4 Å². The maximum absolute atomic E-state index is 11.3. The van der Waals surface area contributed by atoms with Crippen molar-refractivity contribution in [2.75, 3.05) is 0 Å². The fourth-order valence-electron chi connectivity index (χ4n) is 1.17. The van der Waals surface area contributed by atoms with Crippen LogP contribution in [0.15, 0.2) is 23.3 Å². The molecule has 2 aromatic rings. The Morgan fingerprint density at radius 2 is 2.50 bits per heavy atom. The molecule has 0 saturated carbocycles. The lowest BCUT2D eigenvalue weighted by Gasteiger charge is -1.95. The average Bonchev–Trinajstić information content (AvgIpc) is 2.49. The molecule has 0 bridgehead atoms. The predicted molar refractivity (Wildman–Crippen MR) is 45.2 cm³/mol. The zero-order valence-corrected chi connectivity index (χ0v) is 6.74. The third-order valence-corrected chi connectivity index (χ3v) is 1.81. The summed E-state index contributed by atoms with van der Waals surface area (Å²) in [7, 11) is 0. The highest BCUT2D eigenvalue weighted by molar-refractivity contribution is 5.36. The SMILES string of the molecule is CCc1nn2cc[nH]c2cc1=O. The Morgan fingerprint density at radius 1 is 1.67 bits per heavy atom. The van der Waals surface area contributed by atoms with Crippen molar-refractivity contribution >= 4 is 5.65 Å². The predicted octanol–water partition coefficient (Wildman–Crippen LogP) is 0.585. The highest BCUT2D eigenvalue weighted by Crippen LogP contribution is 1.94. The van der Waals surface area contributed by atoms with Crippen molar-refractivity contribution in [2.24, 2.45) is 0 Å². The van der Waals surface area contributed by atoms with Gasteiger partial charge in [0.05, 0.1) is 0 Å². The van der Waals surface area contributed by atoms with Crippen LogP contribution in [0.25, 0.3) is 5.65 Å². The second kappa shape index (κ2) is 2.48. The lowest BCUT2D eigenvalue weighted by atomic mass is 10.3. The van der Waals surface area contributed by atoms with Gasteiger partial charge >= 0.3 is 0 Å². The Hall–Kier alpha value is -1.58. The number of imidazole rings is 1. The number of aryl methyl sites for hydroxylation is 1. The van der Waals surface area contributed by atoms with Crippen LogP contribution in [-0.2, 0) is 6.42 Å². The molecule has 0 spiro atoms. The van der Waals surface area contributed by atoms with E-state index in [0.29, 0.717) is 12.1 Å². The molecule has 0 saturated heterocycles. The minimum absolute atomic E-state index is 0.0000463. The summed E-state index contributed by atoms with van der Waals surface area (Å²) in [4.78, 5) is 14.2. The number of hydrogen-bond acceptors (Lipinski definition) is 2. The minimum Gasteiger partial charge on any atom is -0.345 e. The molecule has 0 unspecified atom stereocenters. The maximum Gasteiger partial charge on any atom is 0.205 e. The van der Waals surface area contributed by atoms with Crippen molar-refractivity contribution in [3.8, 4) is 0 Å². The van der Waals surface area contributed by atoms with Gasteiger partial charge in [-0.15, -0.1) is 0 Å². The molecular formula is C8H9N3O. The molecule has 2 rings (SSSR count). The fourth-order valence-corrected chi connectivity index (χ4v) is 1.17. The third kappa shape index (κ3) is 0.922. The Kier molecular flexibility index (Phi) is 1.46. The van der Waals surface area contributed by atoms with Crippen molar-refractivity contribution in [2.45, 2.75) is 13.3 Å². The Labute approximate surface area is 68.8 Å². The molecule has 0 aliphatic rings. The van der Waals surface area contributed by atoms with Crippen LogP contribution >= 0.6 is 0 Å². The molecule has 12 heavy (non-hydrogen) atoms. The molecule has 1 N–H and O–H groups in total. The zero-order valence-electron chi connectivity index (χ0n) is 6.74. The maximum atomic E-state index is 11.3. The van der Waals surface area contributed by atoms with Crippen LogP contribution in [-0.4, -0.2) is 14.6 Å². The largest absolute Gasteiger partial charge is 0.345 e. The first kappa shape index (κ1) is 7.09. The van der Waals surface area contributed by atoms with E-state index in [-0.39, 0.29) is 5.43 Å². The third-order valence-electron chi connectivity index (χ3n) is 1.81. The summed E-state index contributed by atoms with van der Waals surface area (Å²) in [6, 6.07) is 1.56. The number of rotatable bonds is 1. The second-order valence-corrected chi connectivity index (χ2v) is 2.60. The smallest absolute Gasteiger partial charge is 0.205 e. The Balaban J connectivity index is 2.82. The summed E-state index contributed by atoms with van der Waals surface area (Å²) in [5.41, 5.74) is 1.34. The number of fused-ring (bicyclic) bond motifs is 1. The lowest BCUT2D eigenvalue weighted by Crippen LogP contribution is -2.12. The van der Waals surface area contributed by atoms with Gasteiger partial charge in [-0.05, 0) is 6.42 Å². The molecule has 0 radical (unpaired) electrons. The van der Waals surface area contributed by atoms with Crippen molar-refractivity contribution in [1.82, 2.24) is 14.6 Å². The van der Waals surface area contributed by atoms with Gasteiger partial charge in [-0.3, -0.25) is 4.79 Å². The van der Waals surface area contributed by atoms with Gasteiger partial charge in [0.2, 0.25) is 5.43 Å². The number of nitrogens with one attached hydrogen (secondary N) is 1.